The highest BCUT2D eigenvalue weighted by Crippen LogP contribution is 2.39. The van der Waals surface area contributed by atoms with E-state index in [1.54, 1.807) is 0 Å². The highest BCUT2D eigenvalue weighted by Gasteiger charge is 2.47. The van der Waals surface area contributed by atoms with E-state index in [9.17, 15) is 4.79 Å². The minimum Gasteiger partial charge on any atom is -0.354 e. The summed E-state index contributed by atoms with van der Waals surface area (Å²) in [5, 5.41) is 3.19. The van der Waals surface area contributed by atoms with Crippen molar-refractivity contribution in [3.8, 4) is 0 Å². The molecule has 3 heterocycles. The summed E-state index contributed by atoms with van der Waals surface area (Å²) in [4.78, 5) is 25.6. The Labute approximate surface area is 138 Å². The van der Waals surface area contributed by atoms with E-state index in [1.807, 2.05) is 24.3 Å². The van der Waals surface area contributed by atoms with E-state index >= 15 is 0 Å². The smallest absolute Gasteiger partial charge is 0.229 e. The van der Waals surface area contributed by atoms with Gasteiger partial charge in [0, 0.05) is 51.2 Å². The second kappa shape index (κ2) is 6.83. The summed E-state index contributed by atoms with van der Waals surface area (Å²) < 4.78 is 0. The number of aromatic nitrogens is 2. The van der Waals surface area contributed by atoms with Crippen LogP contribution in [0.2, 0.25) is 0 Å². The van der Waals surface area contributed by atoms with Crippen molar-refractivity contribution in [2.75, 3.05) is 38.5 Å². The first kappa shape index (κ1) is 16.2. The minimum absolute atomic E-state index is 0.142. The van der Waals surface area contributed by atoms with Crippen molar-refractivity contribution in [3.63, 3.8) is 0 Å². The number of carbonyl (C=O) groups is 1. The van der Waals surface area contributed by atoms with Crippen molar-refractivity contribution in [3.05, 3.63) is 18.0 Å². The number of rotatable bonds is 5. The molecule has 2 aliphatic rings. The molecule has 0 unspecified atom stereocenters. The second-order valence-corrected chi connectivity index (χ2v) is 6.91. The summed E-state index contributed by atoms with van der Waals surface area (Å²) in [5.74, 6) is 1.03. The Morgan fingerprint density at radius 3 is 2.78 bits per heavy atom. The van der Waals surface area contributed by atoms with Gasteiger partial charge in [-0.2, -0.15) is 0 Å². The first-order valence-corrected chi connectivity index (χ1v) is 8.66. The molecule has 2 fully saturated rings. The molecular formula is C17H27N5O. The molecule has 1 aromatic rings. The van der Waals surface area contributed by atoms with Gasteiger partial charge in [0.1, 0.15) is 0 Å². The van der Waals surface area contributed by atoms with Gasteiger partial charge in [-0.05, 0) is 32.2 Å². The van der Waals surface area contributed by atoms with Gasteiger partial charge in [-0.25, -0.2) is 9.97 Å². The third kappa shape index (κ3) is 3.47. The second-order valence-electron chi connectivity index (χ2n) is 6.91. The maximum absolute atomic E-state index is 12.6. The Bertz CT molecular complexity index is 546. The maximum Gasteiger partial charge on any atom is 0.229 e. The molecule has 2 saturated heterocycles. The summed E-state index contributed by atoms with van der Waals surface area (Å²) in [7, 11) is 1.93. The van der Waals surface area contributed by atoms with Gasteiger partial charge in [0.05, 0.1) is 5.41 Å². The van der Waals surface area contributed by atoms with E-state index in [-0.39, 0.29) is 5.41 Å². The molecule has 3 rings (SSSR count). The third-order valence-corrected chi connectivity index (χ3v) is 5.03. The van der Waals surface area contributed by atoms with Crippen LogP contribution in [0.15, 0.2) is 12.4 Å². The number of carbonyl (C=O) groups excluding carboxylic acids is 1. The number of hydrogen-bond acceptors (Lipinski definition) is 5. The molecule has 126 valence electrons. The predicted molar refractivity (Wildman–Crippen MR) is 90.0 cm³/mol. The fraction of sp³-hybridized carbons (Fsp3) is 0.706. The molecule has 0 radical (unpaired) electrons. The molecule has 1 spiro atoms. The van der Waals surface area contributed by atoms with Crippen molar-refractivity contribution in [2.45, 2.75) is 39.2 Å². The molecule has 6 nitrogen and oxygen atoms in total. The van der Waals surface area contributed by atoms with E-state index < -0.39 is 0 Å². The summed E-state index contributed by atoms with van der Waals surface area (Å²) in [6, 6.07) is 0. The number of amides is 1. The molecule has 0 aromatic carbocycles. The van der Waals surface area contributed by atoms with Crippen LogP contribution in [0.1, 0.15) is 38.2 Å². The quantitative estimate of drug-likeness (QED) is 0.896. The zero-order valence-corrected chi connectivity index (χ0v) is 14.2. The lowest BCUT2D eigenvalue weighted by Gasteiger charge is -2.37. The highest BCUT2D eigenvalue weighted by atomic mass is 16.2. The van der Waals surface area contributed by atoms with Gasteiger partial charge in [-0.15, -0.1) is 0 Å². The van der Waals surface area contributed by atoms with Crippen LogP contribution in [-0.4, -0.2) is 58.9 Å². The number of hydrogen-bond donors (Lipinski definition) is 1. The van der Waals surface area contributed by atoms with Crippen LogP contribution in [0, 0.1) is 5.41 Å². The van der Waals surface area contributed by atoms with Crippen LogP contribution < -0.4 is 5.32 Å². The van der Waals surface area contributed by atoms with E-state index in [1.165, 1.54) is 0 Å². The van der Waals surface area contributed by atoms with Gasteiger partial charge >= 0.3 is 0 Å². The number of piperidine rings is 1. The van der Waals surface area contributed by atoms with Gasteiger partial charge in [-0.3, -0.25) is 9.69 Å². The van der Waals surface area contributed by atoms with Gasteiger partial charge in [0.25, 0.3) is 0 Å². The van der Waals surface area contributed by atoms with Crippen molar-refractivity contribution >= 4 is 11.9 Å². The van der Waals surface area contributed by atoms with Crippen LogP contribution >= 0.6 is 0 Å². The Kier molecular flexibility index (Phi) is 4.80. The molecule has 23 heavy (non-hydrogen) atoms. The van der Waals surface area contributed by atoms with E-state index in [0.717, 1.165) is 64.0 Å². The van der Waals surface area contributed by atoms with Crippen LogP contribution in [-0.2, 0) is 11.3 Å². The zero-order chi connectivity index (χ0) is 16.3. The van der Waals surface area contributed by atoms with Crippen molar-refractivity contribution in [1.29, 1.82) is 0 Å². The van der Waals surface area contributed by atoms with Crippen LogP contribution in [0.3, 0.4) is 0 Å². The summed E-state index contributed by atoms with van der Waals surface area (Å²) in [5.41, 5.74) is 0.969. The topological polar surface area (TPSA) is 61.4 Å². The van der Waals surface area contributed by atoms with Gasteiger partial charge in [0.15, 0.2) is 0 Å². The lowest BCUT2D eigenvalue weighted by molar-refractivity contribution is -0.143. The van der Waals surface area contributed by atoms with E-state index in [2.05, 4.69) is 27.1 Å². The Morgan fingerprint density at radius 1 is 1.26 bits per heavy atom. The molecule has 0 aliphatic carbocycles. The summed E-state index contributed by atoms with van der Waals surface area (Å²) in [6.45, 7) is 6.59. The van der Waals surface area contributed by atoms with Crippen LogP contribution in [0.5, 0.6) is 0 Å². The number of anilines is 1. The molecule has 6 heteroatoms. The number of nitrogens with one attached hydrogen (secondary N) is 1. The summed E-state index contributed by atoms with van der Waals surface area (Å²) >= 11 is 0. The zero-order valence-electron chi connectivity index (χ0n) is 14.2. The maximum atomic E-state index is 12.6. The van der Waals surface area contributed by atoms with E-state index in [4.69, 9.17) is 0 Å². The number of likely N-dealkylation sites (tertiary alicyclic amines) is 2. The van der Waals surface area contributed by atoms with Crippen LogP contribution in [0.4, 0.5) is 5.95 Å². The highest BCUT2D eigenvalue weighted by molar-refractivity contribution is 5.83. The monoisotopic (exact) mass is 317 g/mol. The lowest BCUT2D eigenvalue weighted by atomic mass is 9.78. The molecule has 1 N–H and O–H groups in total. The SMILES string of the molecule is CCCNc1ncc(CN2CC[C@@]3(CCCN(C)C3=O)C2)cn1. The average molecular weight is 317 g/mol. The molecule has 1 amide bonds. The largest absolute Gasteiger partial charge is 0.354 e. The first-order chi connectivity index (χ1) is 11.1. The molecule has 2 aliphatic heterocycles. The first-order valence-electron chi connectivity index (χ1n) is 8.66. The molecule has 1 aromatic heterocycles. The fourth-order valence-electron chi connectivity index (χ4n) is 3.76. The van der Waals surface area contributed by atoms with Gasteiger partial charge in [-0.1, -0.05) is 6.92 Å². The normalized spacial score (nSPS) is 25.3. The van der Waals surface area contributed by atoms with Gasteiger partial charge in [0.2, 0.25) is 11.9 Å². The Hall–Kier alpha value is -1.69. The molecular weight excluding hydrogens is 290 g/mol. The molecule has 1 atom stereocenters. The number of nitrogens with zero attached hydrogens (tertiary/aromatic N) is 4. The third-order valence-electron chi connectivity index (χ3n) is 5.03. The van der Waals surface area contributed by atoms with Crippen molar-refractivity contribution < 1.29 is 4.79 Å². The van der Waals surface area contributed by atoms with Crippen LogP contribution in [0.25, 0.3) is 0 Å². The van der Waals surface area contributed by atoms with Gasteiger partial charge < -0.3 is 10.2 Å². The predicted octanol–water partition coefficient (Wildman–Crippen LogP) is 1.74. The van der Waals surface area contributed by atoms with E-state index in [0.29, 0.717) is 11.9 Å². The van der Waals surface area contributed by atoms with Crippen molar-refractivity contribution in [2.24, 2.45) is 5.41 Å². The summed E-state index contributed by atoms with van der Waals surface area (Å²) in [6.07, 6.45) is 7.98. The molecule has 0 bridgehead atoms. The molecule has 0 saturated carbocycles. The van der Waals surface area contributed by atoms with Crippen molar-refractivity contribution in [1.82, 2.24) is 19.8 Å². The minimum atomic E-state index is -0.142. The Balaban J connectivity index is 1.58. The average Bonchev–Trinajstić information content (AvgIpc) is 2.96. The fourth-order valence-corrected chi connectivity index (χ4v) is 3.76. The Morgan fingerprint density at radius 2 is 2.04 bits per heavy atom. The lowest BCUT2D eigenvalue weighted by Crippen LogP contribution is -2.48. The standard InChI is InChI=1S/C17H27N5O/c1-3-7-18-16-19-10-14(11-20-16)12-22-9-6-17(13-22)5-4-8-21(2)15(17)23/h10-11H,3-9,12-13H2,1-2H3,(H,18,19,20)/t17-/m0/s1.